The number of nitrogens with zero attached hydrogens (tertiary/aromatic N) is 1. The molecule has 2 aromatic rings. The third-order valence-electron chi connectivity index (χ3n) is 2.49. The van der Waals surface area contributed by atoms with Crippen LogP contribution >= 0.6 is 22.7 Å². The Bertz CT molecular complexity index is 522. The Labute approximate surface area is 120 Å². The second kappa shape index (κ2) is 6.79. The minimum Gasteiger partial charge on any atom is -0.383 e. The molecule has 6 heteroatoms. The highest BCUT2D eigenvalue weighted by atomic mass is 32.1. The van der Waals surface area contributed by atoms with Gasteiger partial charge in [-0.3, -0.25) is 4.79 Å². The Kier molecular flexibility index (Phi) is 5.07. The van der Waals surface area contributed by atoms with Crippen LogP contribution in [0, 0.1) is 0 Å². The lowest BCUT2D eigenvalue weighted by Gasteiger charge is -2.11. The maximum Gasteiger partial charge on any atom is 0.226 e. The molecule has 0 radical (unpaired) electrons. The summed E-state index contributed by atoms with van der Waals surface area (Å²) in [5.74, 6) is -0.0216. The van der Waals surface area contributed by atoms with E-state index in [1.165, 1.54) is 0 Å². The maximum absolute atomic E-state index is 11.8. The van der Waals surface area contributed by atoms with Gasteiger partial charge in [0.15, 0.2) is 0 Å². The van der Waals surface area contributed by atoms with E-state index in [-0.39, 0.29) is 11.9 Å². The van der Waals surface area contributed by atoms with E-state index in [2.05, 4.69) is 15.7 Å². The number of ether oxygens (including phenoxy) is 1. The molecule has 0 aliphatic rings. The van der Waals surface area contributed by atoms with Crippen LogP contribution in [0.4, 0.5) is 0 Å². The zero-order valence-electron chi connectivity index (χ0n) is 10.9. The molecule has 0 spiro atoms. The van der Waals surface area contributed by atoms with Crippen LogP contribution in [0.5, 0.6) is 0 Å². The Balaban J connectivity index is 1.91. The zero-order chi connectivity index (χ0) is 13.7. The average molecular weight is 296 g/mol. The molecular weight excluding hydrogens is 280 g/mol. The molecule has 0 aliphatic carbocycles. The first-order chi connectivity index (χ1) is 9.19. The number of thiophene rings is 1. The van der Waals surface area contributed by atoms with Crippen molar-refractivity contribution in [1.82, 2.24) is 10.3 Å². The normalized spacial score (nSPS) is 12.3. The van der Waals surface area contributed by atoms with E-state index in [4.69, 9.17) is 4.74 Å². The summed E-state index contributed by atoms with van der Waals surface area (Å²) >= 11 is 3.21. The highest BCUT2D eigenvalue weighted by Gasteiger charge is 2.11. The van der Waals surface area contributed by atoms with E-state index < -0.39 is 0 Å². The Morgan fingerprint density at radius 3 is 3.05 bits per heavy atom. The lowest BCUT2D eigenvalue weighted by atomic mass is 10.3. The minimum absolute atomic E-state index is 0.0208. The summed E-state index contributed by atoms with van der Waals surface area (Å²) in [5.41, 5.74) is 1.93. The first-order valence-corrected chi connectivity index (χ1v) is 7.76. The van der Waals surface area contributed by atoms with Crippen LogP contribution < -0.4 is 5.32 Å². The van der Waals surface area contributed by atoms with Gasteiger partial charge in [-0.1, -0.05) is 0 Å². The fraction of sp³-hybridized carbons (Fsp3) is 0.385. The van der Waals surface area contributed by atoms with Crippen molar-refractivity contribution in [1.29, 1.82) is 0 Å². The lowest BCUT2D eigenvalue weighted by Crippen LogP contribution is -2.36. The Hall–Kier alpha value is -1.24. The van der Waals surface area contributed by atoms with Gasteiger partial charge in [-0.05, 0) is 18.4 Å². The predicted molar refractivity (Wildman–Crippen MR) is 78.6 cm³/mol. The molecule has 0 saturated heterocycles. The summed E-state index contributed by atoms with van der Waals surface area (Å²) in [6.45, 7) is 2.43. The molecule has 102 valence electrons. The maximum atomic E-state index is 11.8. The van der Waals surface area contributed by atoms with Crippen LogP contribution in [0.2, 0.25) is 0 Å². The van der Waals surface area contributed by atoms with E-state index >= 15 is 0 Å². The molecule has 1 N–H and O–H groups in total. The number of hydrogen-bond donors (Lipinski definition) is 1. The summed E-state index contributed by atoms with van der Waals surface area (Å²) in [5, 5.41) is 9.86. The van der Waals surface area contributed by atoms with Crippen molar-refractivity contribution >= 4 is 28.6 Å². The fourth-order valence-corrected chi connectivity index (χ4v) is 3.22. The smallest absolute Gasteiger partial charge is 0.226 e. The third kappa shape index (κ3) is 4.12. The average Bonchev–Trinajstić information content (AvgIpc) is 2.98. The second-order valence-electron chi connectivity index (χ2n) is 4.26. The quantitative estimate of drug-likeness (QED) is 0.891. The summed E-state index contributed by atoms with van der Waals surface area (Å²) < 4.78 is 4.98. The second-order valence-corrected chi connectivity index (χ2v) is 5.89. The summed E-state index contributed by atoms with van der Waals surface area (Å²) in [4.78, 5) is 16.3. The molecule has 1 unspecified atom stereocenters. The predicted octanol–water partition coefficient (Wildman–Crippen LogP) is 2.57. The van der Waals surface area contributed by atoms with E-state index in [9.17, 15) is 4.79 Å². The van der Waals surface area contributed by atoms with Crippen molar-refractivity contribution in [3.63, 3.8) is 0 Å². The molecule has 2 heterocycles. The van der Waals surface area contributed by atoms with Crippen LogP contribution in [-0.4, -0.2) is 30.6 Å². The SMILES string of the molecule is COCC(C)NC(=O)Cc1csc(-c2ccsc2)n1. The monoisotopic (exact) mass is 296 g/mol. The summed E-state index contributed by atoms with van der Waals surface area (Å²) in [6, 6.07) is 2.06. The number of aromatic nitrogens is 1. The summed E-state index contributed by atoms with van der Waals surface area (Å²) in [6.07, 6.45) is 0.314. The molecule has 1 atom stereocenters. The van der Waals surface area contributed by atoms with E-state index in [0.717, 1.165) is 16.3 Å². The summed E-state index contributed by atoms with van der Waals surface area (Å²) in [7, 11) is 1.62. The van der Waals surface area contributed by atoms with Gasteiger partial charge in [0.2, 0.25) is 5.91 Å². The molecule has 0 saturated carbocycles. The molecule has 0 aliphatic heterocycles. The first kappa shape index (κ1) is 14.2. The fourth-order valence-electron chi connectivity index (χ4n) is 1.69. The molecule has 0 bridgehead atoms. The number of amides is 1. The Morgan fingerprint density at radius 2 is 2.37 bits per heavy atom. The number of thiazole rings is 1. The largest absolute Gasteiger partial charge is 0.383 e. The van der Waals surface area contributed by atoms with Crippen LogP contribution in [0.15, 0.2) is 22.2 Å². The van der Waals surface area contributed by atoms with Crippen molar-refractivity contribution in [2.75, 3.05) is 13.7 Å². The van der Waals surface area contributed by atoms with Crippen LogP contribution in [0.3, 0.4) is 0 Å². The topological polar surface area (TPSA) is 51.2 Å². The highest BCUT2D eigenvalue weighted by Crippen LogP contribution is 2.25. The van der Waals surface area contributed by atoms with Crippen molar-refractivity contribution in [3.8, 4) is 10.6 Å². The van der Waals surface area contributed by atoms with Gasteiger partial charge in [-0.2, -0.15) is 11.3 Å². The van der Waals surface area contributed by atoms with Crippen LogP contribution in [0.25, 0.3) is 10.6 Å². The van der Waals surface area contributed by atoms with Gasteiger partial charge in [0, 0.05) is 29.5 Å². The highest BCUT2D eigenvalue weighted by molar-refractivity contribution is 7.14. The number of nitrogens with one attached hydrogen (secondary N) is 1. The number of carbonyl (C=O) groups is 1. The van der Waals surface area contributed by atoms with E-state index in [1.54, 1.807) is 29.8 Å². The molecule has 0 aromatic carbocycles. The number of carbonyl (C=O) groups excluding carboxylic acids is 1. The van der Waals surface area contributed by atoms with Gasteiger partial charge < -0.3 is 10.1 Å². The molecule has 4 nitrogen and oxygen atoms in total. The lowest BCUT2D eigenvalue weighted by molar-refractivity contribution is -0.121. The minimum atomic E-state index is -0.0216. The number of methoxy groups -OCH3 is 1. The van der Waals surface area contributed by atoms with Crippen LogP contribution in [-0.2, 0) is 16.0 Å². The van der Waals surface area contributed by atoms with Gasteiger partial charge in [-0.15, -0.1) is 11.3 Å². The molecule has 2 aromatic heterocycles. The third-order valence-corrected chi connectivity index (χ3v) is 4.11. The standard InChI is InChI=1S/C13H16N2O2S2/c1-9(6-17-2)14-12(16)5-11-8-19-13(15-11)10-3-4-18-7-10/h3-4,7-9H,5-6H2,1-2H3,(H,14,16). The zero-order valence-corrected chi connectivity index (χ0v) is 12.5. The van der Waals surface area contributed by atoms with Crippen LogP contribution in [0.1, 0.15) is 12.6 Å². The Morgan fingerprint density at radius 1 is 1.53 bits per heavy atom. The number of hydrogen-bond acceptors (Lipinski definition) is 5. The molecule has 1 amide bonds. The molecule has 19 heavy (non-hydrogen) atoms. The van der Waals surface area contributed by atoms with Gasteiger partial charge in [-0.25, -0.2) is 4.98 Å². The molecule has 2 rings (SSSR count). The van der Waals surface area contributed by atoms with Crippen molar-refractivity contribution in [2.45, 2.75) is 19.4 Å². The van der Waals surface area contributed by atoms with Gasteiger partial charge in [0.1, 0.15) is 5.01 Å². The van der Waals surface area contributed by atoms with Crippen molar-refractivity contribution in [3.05, 3.63) is 27.9 Å². The van der Waals surface area contributed by atoms with Gasteiger partial charge >= 0.3 is 0 Å². The number of rotatable bonds is 6. The van der Waals surface area contributed by atoms with E-state index in [1.807, 2.05) is 23.8 Å². The first-order valence-electron chi connectivity index (χ1n) is 5.94. The van der Waals surface area contributed by atoms with Gasteiger partial charge in [0.25, 0.3) is 0 Å². The molecule has 0 fully saturated rings. The van der Waals surface area contributed by atoms with Crippen molar-refractivity contribution < 1.29 is 9.53 Å². The van der Waals surface area contributed by atoms with E-state index in [0.29, 0.717) is 13.0 Å². The van der Waals surface area contributed by atoms with Gasteiger partial charge in [0.05, 0.1) is 18.7 Å². The molecular formula is C13H16N2O2S2. The van der Waals surface area contributed by atoms with Crippen molar-refractivity contribution in [2.24, 2.45) is 0 Å².